The van der Waals surface area contributed by atoms with Gasteiger partial charge in [0.15, 0.2) is 0 Å². The van der Waals surface area contributed by atoms with Gasteiger partial charge in [-0.1, -0.05) is 12.1 Å². The van der Waals surface area contributed by atoms with Gasteiger partial charge in [-0.25, -0.2) is 0 Å². The molecule has 0 saturated carbocycles. The average molecular weight is 299 g/mol. The van der Waals surface area contributed by atoms with Gasteiger partial charge in [0.1, 0.15) is 0 Å². The molecule has 0 aromatic heterocycles. The largest absolute Gasteiger partial charge is 0.380 e. The van der Waals surface area contributed by atoms with E-state index in [-0.39, 0.29) is 18.3 Å². The molecule has 0 radical (unpaired) electrons. The quantitative estimate of drug-likeness (QED) is 0.925. The van der Waals surface area contributed by atoms with E-state index in [4.69, 9.17) is 4.74 Å². The van der Waals surface area contributed by atoms with E-state index >= 15 is 0 Å². The second-order valence-corrected chi connectivity index (χ2v) is 4.99. The van der Waals surface area contributed by atoms with Crippen LogP contribution >= 0.6 is 12.4 Å². The van der Waals surface area contributed by atoms with Crippen LogP contribution in [0.15, 0.2) is 24.3 Å². The summed E-state index contributed by atoms with van der Waals surface area (Å²) < 4.78 is 5.07. The highest BCUT2D eigenvalue weighted by molar-refractivity contribution is 5.94. The Morgan fingerprint density at radius 1 is 1.30 bits per heavy atom. The molecule has 112 valence electrons. The van der Waals surface area contributed by atoms with Gasteiger partial charge in [-0.2, -0.15) is 0 Å². The Bertz CT molecular complexity index is 414. The van der Waals surface area contributed by atoms with E-state index in [2.05, 4.69) is 5.32 Å². The third kappa shape index (κ3) is 4.20. The Kier molecular flexibility index (Phi) is 6.99. The molecular weight excluding hydrogens is 276 g/mol. The normalized spacial score (nSPS) is 15.8. The fourth-order valence-electron chi connectivity index (χ4n) is 2.46. The van der Waals surface area contributed by atoms with E-state index in [0.29, 0.717) is 12.6 Å². The van der Waals surface area contributed by atoms with Crippen molar-refractivity contribution >= 4 is 18.3 Å². The minimum Gasteiger partial charge on any atom is -0.380 e. The van der Waals surface area contributed by atoms with Gasteiger partial charge in [-0.05, 0) is 37.6 Å². The molecular formula is C15H23ClN2O2. The number of rotatable bonds is 4. The van der Waals surface area contributed by atoms with Crippen molar-refractivity contribution in [2.24, 2.45) is 0 Å². The summed E-state index contributed by atoms with van der Waals surface area (Å²) in [5.41, 5.74) is 1.86. The van der Waals surface area contributed by atoms with Crippen molar-refractivity contribution in [3.8, 4) is 0 Å². The SMILES string of the molecule is CNC1CCN(C(=O)c2ccc(COC)cc2)CC1.Cl. The summed E-state index contributed by atoms with van der Waals surface area (Å²) in [5.74, 6) is 0.138. The Hall–Kier alpha value is -1.10. The number of carbonyl (C=O) groups is 1. The first-order chi connectivity index (χ1) is 9.24. The first-order valence-corrected chi connectivity index (χ1v) is 6.79. The van der Waals surface area contributed by atoms with Gasteiger partial charge < -0.3 is 15.0 Å². The predicted molar refractivity (Wildman–Crippen MR) is 82.4 cm³/mol. The van der Waals surface area contributed by atoms with E-state index in [0.717, 1.165) is 37.1 Å². The van der Waals surface area contributed by atoms with Gasteiger partial charge in [0.25, 0.3) is 5.91 Å². The van der Waals surface area contributed by atoms with Crippen LogP contribution in [0.2, 0.25) is 0 Å². The first-order valence-electron chi connectivity index (χ1n) is 6.79. The number of ether oxygens (including phenoxy) is 1. The number of hydrogen-bond donors (Lipinski definition) is 1. The summed E-state index contributed by atoms with van der Waals surface area (Å²) in [7, 11) is 3.65. The van der Waals surface area contributed by atoms with Crippen LogP contribution in [0.4, 0.5) is 0 Å². The van der Waals surface area contributed by atoms with Crippen LogP contribution in [0.1, 0.15) is 28.8 Å². The maximum absolute atomic E-state index is 12.3. The smallest absolute Gasteiger partial charge is 0.253 e. The van der Waals surface area contributed by atoms with Crippen molar-refractivity contribution in [3.63, 3.8) is 0 Å². The Morgan fingerprint density at radius 2 is 1.90 bits per heavy atom. The fourth-order valence-corrected chi connectivity index (χ4v) is 2.46. The number of likely N-dealkylation sites (tertiary alicyclic amines) is 1. The molecule has 0 aliphatic carbocycles. The lowest BCUT2D eigenvalue weighted by atomic mass is 10.0. The Labute approximate surface area is 126 Å². The molecule has 1 aromatic carbocycles. The maximum Gasteiger partial charge on any atom is 0.253 e. The number of halogens is 1. The molecule has 5 heteroatoms. The third-order valence-electron chi connectivity index (χ3n) is 3.70. The van der Waals surface area contributed by atoms with Gasteiger partial charge in [0.05, 0.1) is 6.61 Å². The molecule has 1 fully saturated rings. The zero-order valence-electron chi connectivity index (χ0n) is 12.1. The van der Waals surface area contributed by atoms with Crippen LogP contribution in [0.3, 0.4) is 0 Å². The highest BCUT2D eigenvalue weighted by Gasteiger charge is 2.22. The minimum absolute atomic E-state index is 0. The summed E-state index contributed by atoms with van der Waals surface area (Å²) >= 11 is 0. The lowest BCUT2D eigenvalue weighted by Crippen LogP contribution is -2.43. The summed E-state index contributed by atoms with van der Waals surface area (Å²) in [6.07, 6.45) is 2.06. The van der Waals surface area contributed by atoms with E-state index in [1.54, 1.807) is 7.11 Å². The number of carbonyl (C=O) groups excluding carboxylic acids is 1. The van der Waals surface area contributed by atoms with Crippen LogP contribution < -0.4 is 5.32 Å². The monoisotopic (exact) mass is 298 g/mol. The standard InChI is InChI=1S/C15H22N2O2.ClH/c1-16-14-7-9-17(10-8-14)15(18)13-5-3-12(4-6-13)11-19-2;/h3-6,14,16H,7-11H2,1-2H3;1H. The molecule has 1 aliphatic heterocycles. The maximum atomic E-state index is 12.3. The number of methoxy groups -OCH3 is 1. The molecule has 2 rings (SSSR count). The van der Waals surface area contributed by atoms with Crippen molar-refractivity contribution in [3.05, 3.63) is 35.4 Å². The number of amides is 1. The van der Waals surface area contributed by atoms with E-state index in [9.17, 15) is 4.79 Å². The van der Waals surface area contributed by atoms with Crippen LogP contribution in [0.5, 0.6) is 0 Å². The first kappa shape index (κ1) is 17.0. The predicted octanol–water partition coefficient (Wildman–Crippen LogP) is 2.08. The zero-order valence-corrected chi connectivity index (χ0v) is 12.9. The molecule has 1 heterocycles. The summed E-state index contributed by atoms with van der Waals surface area (Å²) in [4.78, 5) is 14.3. The van der Waals surface area contributed by atoms with E-state index in [1.165, 1.54) is 0 Å². The summed E-state index contributed by atoms with van der Waals surface area (Å²) in [6.45, 7) is 2.26. The highest BCUT2D eigenvalue weighted by atomic mass is 35.5. The summed E-state index contributed by atoms with van der Waals surface area (Å²) in [5, 5.41) is 3.27. The van der Waals surface area contributed by atoms with Crippen molar-refractivity contribution in [1.29, 1.82) is 0 Å². The average Bonchev–Trinajstić information content (AvgIpc) is 2.48. The molecule has 1 aromatic rings. The number of piperidine rings is 1. The molecule has 0 unspecified atom stereocenters. The number of nitrogens with zero attached hydrogens (tertiary/aromatic N) is 1. The summed E-state index contributed by atoms with van der Waals surface area (Å²) in [6, 6.07) is 8.24. The molecule has 0 bridgehead atoms. The minimum atomic E-state index is 0. The fraction of sp³-hybridized carbons (Fsp3) is 0.533. The van der Waals surface area contributed by atoms with Gasteiger partial charge >= 0.3 is 0 Å². The lowest BCUT2D eigenvalue weighted by Gasteiger charge is -2.31. The van der Waals surface area contributed by atoms with Gasteiger partial charge in [-0.3, -0.25) is 4.79 Å². The van der Waals surface area contributed by atoms with Crippen molar-refractivity contribution in [2.75, 3.05) is 27.2 Å². The van der Waals surface area contributed by atoms with Crippen molar-refractivity contribution in [2.45, 2.75) is 25.5 Å². The molecule has 0 spiro atoms. The van der Waals surface area contributed by atoms with Crippen molar-refractivity contribution in [1.82, 2.24) is 10.2 Å². The Morgan fingerprint density at radius 3 is 2.40 bits per heavy atom. The topological polar surface area (TPSA) is 41.6 Å². The molecule has 1 amide bonds. The van der Waals surface area contributed by atoms with Crippen molar-refractivity contribution < 1.29 is 9.53 Å². The molecule has 1 saturated heterocycles. The highest BCUT2D eigenvalue weighted by Crippen LogP contribution is 2.14. The third-order valence-corrected chi connectivity index (χ3v) is 3.70. The van der Waals surface area contributed by atoms with Gasteiger partial charge in [-0.15, -0.1) is 12.4 Å². The number of hydrogen-bond acceptors (Lipinski definition) is 3. The van der Waals surface area contributed by atoms with Crippen LogP contribution in [-0.4, -0.2) is 44.1 Å². The second-order valence-electron chi connectivity index (χ2n) is 4.99. The van der Waals surface area contributed by atoms with E-state index in [1.807, 2.05) is 36.2 Å². The van der Waals surface area contributed by atoms with Gasteiger partial charge in [0.2, 0.25) is 0 Å². The zero-order chi connectivity index (χ0) is 13.7. The molecule has 0 atom stereocenters. The van der Waals surface area contributed by atoms with Crippen LogP contribution in [-0.2, 0) is 11.3 Å². The molecule has 4 nitrogen and oxygen atoms in total. The Balaban J connectivity index is 0.00000200. The molecule has 1 N–H and O–H groups in total. The van der Waals surface area contributed by atoms with Crippen LogP contribution in [0, 0.1) is 0 Å². The number of nitrogens with one attached hydrogen (secondary N) is 1. The second kappa shape index (κ2) is 8.25. The lowest BCUT2D eigenvalue weighted by molar-refractivity contribution is 0.0707. The molecule has 20 heavy (non-hydrogen) atoms. The van der Waals surface area contributed by atoms with Gasteiger partial charge in [0, 0.05) is 31.8 Å². The van der Waals surface area contributed by atoms with Crippen LogP contribution in [0.25, 0.3) is 0 Å². The molecule has 1 aliphatic rings. The van der Waals surface area contributed by atoms with E-state index < -0.39 is 0 Å². The number of benzene rings is 1.